The van der Waals surface area contributed by atoms with Gasteiger partial charge in [0.15, 0.2) is 0 Å². The van der Waals surface area contributed by atoms with Crippen LogP contribution in [0.5, 0.6) is 0 Å². The first-order chi connectivity index (χ1) is 7.90. The standard InChI is InChI=1S/C13H11N2O/c16-8-15-13-11-6-2-4-9-3-1-5-10(7-14-13)12(9)11/h1-6,8,13-14H,7H2. The van der Waals surface area contributed by atoms with Crippen LogP contribution in [-0.2, 0) is 11.3 Å². The molecule has 1 aliphatic rings. The number of benzene rings is 2. The van der Waals surface area contributed by atoms with Crippen LogP contribution < -0.4 is 10.6 Å². The van der Waals surface area contributed by atoms with Crippen LogP contribution in [-0.4, -0.2) is 6.41 Å². The number of hydrogen-bond acceptors (Lipinski definition) is 2. The Balaban J connectivity index is 2.27. The van der Waals surface area contributed by atoms with E-state index in [0.29, 0.717) is 6.41 Å². The summed E-state index contributed by atoms with van der Waals surface area (Å²) in [6, 6.07) is 12.4. The first-order valence-corrected chi connectivity index (χ1v) is 5.27. The molecule has 16 heavy (non-hydrogen) atoms. The molecular formula is C13H11N2O. The number of rotatable bonds is 2. The van der Waals surface area contributed by atoms with Gasteiger partial charge in [-0.05, 0) is 21.9 Å². The minimum Gasteiger partial charge on any atom is -0.288 e. The fourth-order valence-corrected chi connectivity index (χ4v) is 2.34. The van der Waals surface area contributed by atoms with Crippen LogP contribution in [0.25, 0.3) is 10.8 Å². The molecule has 0 aromatic heterocycles. The molecule has 1 atom stereocenters. The Morgan fingerprint density at radius 1 is 1.25 bits per heavy atom. The second kappa shape index (κ2) is 3.61. The van der Waals surface area contributed by atoms with Crippen molar-refractivity contribution in [3.63, 3.8) is 0 Å². The maximum absolute atomic E-state index is 10.5. The van der Waals surface area contributed by atoms with Gasteiger partial charge in [0.25, 0.3) is 0 Å². The number of carbonyl (C=O) groups excluding carboxylic acids is 1. The highest BCUT2D eigenvalue weighted by Crippen LogP contribution is 2.30. The van der Waals surface area contributed by atoms with E-state index >= 15 is 0 Å². The lowest BCUT2D eigenvalue weighted by Gasteiger charge is -2.25. The second-order valence-corrected chi connectivity index (χ2v) is 3.90. The summed E-state index contributed by atoms with van der Waals surface area (Å²) >= 11 is 0. The van der Waals surface area contributed by atoms with Crippen molar-refractivity contribution in [2.75, 3.05) is 0 Å². The zero-order valence-corrected chi connectivity index (χ0v) is 8.68. The third kappa shape index (κ3) is 1.29. The van der Waals surface area contributed by atoms with Crippen molar-refractivity contribution in [3.05, 3.63) is 47.5 Å². The van der Waals surface area contributed by atoms with Gasteiger partial charge in [-0.25, -0.2) is 5.32 Å². The maximum atomic E-state index is 10.5. The second-order valence-electron chi connectivity index (χ2n) is 3.90. The van der Waals surface area contributed by atoms with Crippen molar-refractivity contribution < 1.29 is 4.79 Å². The normalized spacial score (nSPS) is 18.4. The van der Waals surface area contributed by atoms with E-state index in [1.165, 1.54) is 16.3 Å². The molecule has 1 N–H and O–H groups in total. The minimum atomic E-state index is -0.198. The van der Waals surface area contributed by atoms with Crippen molar-refractivity contribution in [2.45, 2.75) is 12.7 Å². The molecule has 79 valence electrons. The maximum Gasteiger partial charge on any atom is 0.230 e. The summed E-state index contributed by atoms with van der Waals surface area (Å²) in [7, 11) is 0. The predicted molar refractivity (Wildman–Crippen MR) is 61.7 cm³/mol. The molecule has 2 aromatic rings. The smallest absolute Gasteiger partial charge is 0.230 e. The van der Waals surface area contributed by atoms with Crippen LogP contribution >= 0.6 is 0 Å². The average molecular weight is 211 g/mol. The van der Waals surface area contributed by atoms with Gasteiger partial charge in [-0.2, -0.15) is 0 Å². The number of amides is 1. The lowest BCUT2D eigenvalue weighted by atomic mass is 9.94. The van der Waals surface area contributed by atoms with E-state index in [9.17, 15) is 4.79 Å². The molecule has 0 saturated heterocycles. The minimum absolute atomic E-state index is 0.198. The summed E-state index contributed by atoms with van der Waals surface area (Å²) in [5.74, 6) is 0. The Bertz CT molecular complexity index is 545. The zero-order chi connectivity index (χ0) is 11.0. The number of nitrogens with zero attached hydrogens (tertiary/aromatic N) is 1. The molecule has 0 aliphatic carbocycles. The van der Waals surface area contributed by atoms with Gasteiger partial charge in [0.2, 0.25) is 6.41 Å². The summed E-state index contributed by atoms with van der Waals surface area (Å²) in [5.41, 5.74) is 2.36. The van der Waals surface area contributed by atoms with E-state index in [1.54, 1.807) is 0 Å². The predicted octanol–water partition coefficient (Wildman–Crippen LogP) is 1.70. The molecule has 1 unspecified atom stereocenters. The van der Waals surface area contributed by atoms with E-state index in [2.05, 4.69) is 34.9 Å². The van der Waals surface area contributed by atoms with Gasteiger partial charge in [-0.1, -0.05) is 36.4 Å². The molecule has 3 heteroatoms. The summed E-state index contributed by atoms with van der Waals surface area (Å²) in [6.07, 6.45) is 0.417. The average Bonchev–Trinajstić information content (AvgIpc) is 2.33. The Morgan fingerprint density at radius 2 is 2.06 bits per heavy atom. The highest BCUT2D eigenvalue weighted by molar-refractivity contribution is 5.90. The zero-order valence-electron chi connectivity index (χ0n) is 8.68. The largest absolute Gasteiger partial charge is 0.288 e. The lowest BCUT2D eigenvalue weighted by Crippen LogP contribution is -2.31. The van der Waals surface area contributed by atoms with E-state index in [1.807, 2.05) is 12.1 Å². The SMILES string of the molecule is O=C[N]C1NCc2cccc3cccc1c23. The van der Waals surface area contributed by atoms with Gasteiger partial charge >= 0.3 is 0 Å². The molecule has 3 nitrogen and oxygen atoms in total. The number of hydrogen-bond donors (Lipinski definition) is 1. The summed E-state index contributed by atoms with van der Waals surface area (Å²) < 4.78 is 0. The molecule has 0 bridgehead atoms. The lowest BCUT2D eigenvalue weighted by molar-refractivity contribution is -0.110. The molecule has 0 saturated carbocycles. The van der Waals surface area contributed by atoms with Crippen molar-refractivity contribution in [1.29, 1.82) is 0 Å². The van der Waals surface area contributed by atoms with Gasteiger partial charge in [0.05, 0.1) is 0 Å². The quantitative estimate of drug-likeness (QED) is 0.768. The fraction of sp³-hybridized carbons (Fsp3) is 0.154. The van der Waals surface area contributed by atoms with E-state index < -0.39 is 0 Å². The van der Waals surface area contributed by atoms with Crippen LogP contribution in [0.3, 0.4) is 0 Å². The Kier molecular flexibility index (Phi) is 2.11. The molecule has 3 rings (SSSR count). The van der Waals surface area contributed by atoms with Crippen LogP contribution in [0, 0.1) is 0 Å². The Morgan fingerprint density at radius 3 is 2.88 bits per heavy atom. The summed E-state index contributed by atoms with van der Waals surface area (Å²) in [6.45, 7) is 0.760. The third-order valence-electron chi connectivity index (χ3n) is 3.01. The first-order valence-electron chi connectivity index (χ1n) is 5.27. The molecular weight excluding hydrogens is 200 g/mol. The Hall–Kier alpha value is -1.87. The monoisotopic (exact) mass is 211 g/mol. The molecule has 0 fully saturated rings. The number of carbonyl (C=O) groups is 1. The van der Waals surface area contributed by atoms with Crippen LogP contribution in [0.1, 0.15) is 17.3 Å². The summed E-state index contributed by atoms with van der Waals surface area (Å²) in [4.78, 5) is 10.5. The van der Waals surface area contributed by atoms with Crippen LogP contribution in [0.4, 0.5) is 0 Å². The van der Waals surface area contributed by atoms with E-state index in [0.717, 1.165) is 12.1 Å². The molecule has 1 radical (unpaired) electrons. The van der Waals surface area contributed by atoms with E-state index in [-0.39, 0.29) is 6.17 Å². The topological polar surface area (TPSA) is 43.2 Å². The molecule has 1 heterocycles. The van der Waals surface area contributed by atoms with Gasteiger partial charge < -0.3 is 0 Å². The molecule has 2 aromatic carbocycles. The van der Waals surface area contributed by atoms with Gasteiger partial charge in [0, 0.05) is 6.54 Å². The third-order valence-corrected chi connectivity index (χ3v) is 3.01. The van der Waals surface area contributed by atoms with Gasteiger partial charge in [-0.3, -0.25) is 10.1 Å². The molecule has 1 aliphatic heterocycles. The highest BCUT2D eigenvalue weighted by Gasteiger charge is 2.20. The van der Waals surface area contributed by atoms with Gasteiger partial charge in [-0.15, -0.1) is 0 Å². The highest BCUT2D eigenvalue weighted by atomic mass is 16.1. The fourth-order valence-electron chi connectivity index (χ4n) is 2.34. The summed E-state index contributed by atoms with van der Waals surface area (Å²) in [5, 5.41) is 9.60. The van der Waals surface area contributed by atoms with Crippen LogP contribution in [0.2, 0.25) is 0 Å². The van der Waals surface area contributed by atoms with Gasteiger partial charge in [0.1, 0.15) is 6.17 Å². The van der Waals surface area contributed by atoms with E-state index in [4.69, 9.17) is 0 Å². The Labute approximate surface area is 93.5 Å². The van der Waals surface area contributed by atoms with Crippen molar-refractivity contribution in [1.82, 2.24) is 10.6 Å². The number of nitrogens with one attached hydrogen (secondary N) is 1. The molecule has 1 amide bonds. The first kappa shape index (κ1) is 9.36. The van der Waals surface area contributed by atoms with Crippen molar-refractivity contribution >= 4 is 17.2 Å². The van der Waals surface area contributed by atoms with Crippen molar-refractivity contribution in [2.24, 2.45) is 0 Å². The van der Waals surface area contributed by atoms with Crippen LogP contribution in [0.15, 0.2) is 36.4 Å². The molecule has 0 spiro atoms. The van der Waals surface area contributed by atoms with Crippen molar-refractivity contribution in [3.8, 4) is 0 Å².